The first-order valence-electron chi connectivity index (χ1n) is 10.8. The van der Waals surface area contributed by atoms with Gasteiger partial charge in [-0.05, 0) is 49.2 Å². The number of nitrogens with one attached hydrogen (secondary N) is 3. The smallest absolute Gasteiger partial charge is 0.204 e. The summed E-state index contributed by atoms with van der Waals surface area (Å²) in [7, 11) is 3.23. The zero-order valence-electron chi connectivity index (χ0n) is 19.0. The predicted octanol–water partition coefficient (Wildman–Crippen LogP) is 3.99. The normalized spacial score (nSPS) is 13.1. The molecule has 0 radical (unpaired) electrons. The van der Waals surface area contributed by atoms with E-state index in [1.807, 2.05) is 37.3 Å². The lowest BCUT2D eigenvalue weighted by Crippen LogP contribution is -2.12. The molecule has 2 aromatic heterocycles. The monoisotopic (exact) mass is 468 g/mol. The van der Waals surface area contributed by atoms with Crippen molar-refractivity contribution in [3.05, 3.63) is 41.6 Å². The molecule has 1 aromatic carbocycles. The zero-order chi connectivity index (χ0) is 23.2. The van der Waals surface area contributed by atoms with Gasteiger partial charge in [0.2, 0.25) is 5.75 Å². The lowest BCUT2D eigenvalue weighted by Gasteiger charge is -2.15. The summed E-state index contributed by atoms with van der Waals surface area (Å²) in [6.45, 7) is 3.02. The van der Waals surface area contributed by atoms with Gasteiger partial charge in [-0.25, -0.2) is 9.97 Å². The average Bonchev–Trinajstić information content (AvgIpc) is 3.58. The second kappa shape index (κ2) is 10.7. The van der Waals surface area contributed by atoms with Crippen molar-refractivity contribution >= 4 is 35.0 Å². The number of anilines is 3. The minimum absolute atomic E-state index is 0.278. The number of carbonyl (C=O) groups excluding carboxylic acids is 1. The number of ketones is 1. The number of aryl methyl sites for hydroxylation is 1. The van der Waals surface area contributed by atoms with Crippen LogP contribution >= 0.6 is 11.8 Å². The summed E-state index contributed by atoms with van der Waals surface area (Å²) >= 11 is 1.43. The number of aromatic nitrogens is 4. The number of nitrogens with zero attached hydrogens (tertiary/aromatic N) is 3. The molecule has 10 heteroatoms. The SMILES string of the molecule is COCCNc1nc(Sc2ccc(CC(=O)C3CC3)cc2)nc(Nc2cc(C)[nH]n2)c1OC. The van der Waals surface area contributed by atoms with Crippen LogP contribution in [-0.2, 0) is 16.0 Å². The Morgan fingerprint density at radius 3 is 2.58 bits per heavy atom. The summed E-state index contributed by atoms with van der Waals surface area (Å²) in [6.07, 6.45) is 2.58. The van der Waals surface area contributed by atoms with E-state index in [4.69, 9.17) is 9.47 Å². The molecule has 3 N–H and O–H groups in total. The molecule has 4 rings (SSSR count). The molecular formula is C23H28N6O3S. The van der Waals surface area contributed by atoms with E-state index in [0.717, 1.165) is 29.0 Å². The Morgan fingerprint density at radius 2 is 1.94 bits per heavy atom. The van der Waals surface area contributed by atoms with Crippen molar-refractivity contribution < 1.29 is 14.3 Å². The van der Waals surface area contributed by atoms with Gasteiger partial charge in [0.1, 0.15) is 5.78 Å². The van der Waals surface area contributed by atoms with Crippen LogP contribution in [-0.4, -0.2) is 53.3 Å². The molecule has 0 aliphatic heterocycles. The third-order valence-corrected chi connectivity index (χ3v) is 6.02. The first kappa shape index (κ1) is 23.1. The number of hydrogen-bond donors (Lipinski definition) is 3. The Hall–Kier alpha value is -3.11. The van der Waals surface area contributed by atoms with Crippen molar-refractivity contribution in [2.45, 2.75) is 36.2 Å². The Kier molecular flexibility index (Phi) is 7.46. The Labute approximate surface area is 197 Å². The van der Waals surface area contributed by atoms with Crippen LogP contribution in [0.2, 0.25) is 0 Å². The second-order valence-corrected chi connectivity index (χ2v) is 8.92. The lowest BCUT2D eigenvalue weighted by atomic mass is 10.1. The van der Waals surface area contributed by atoms with Crippen molar-refractivity contribution in [3.63, 3.8) is 0 Å². The fraction of sp³-hybridized carbons (Fsp3) is 0.391. The first-order chi connectivity index (χ1) is 16.1. The van der Waals surface area contributed by atoms with Crippen LogP contribution < -0.4 is 15.4 Å². The van der Waals surface area contributed by atoms with E-state index in [1.165, 1.54) is 11.8 Å². The number of H-pyrrole nitrogens is 1. The van der Waals surface area contributed by atoms with Gasteiger partial charge in [-0.15, -0.1) is 0 Å². The maximum Gasteiger partial charge on any atom is 0.204 e. The molecule has 0 bridgehead atoms. The fourth-order valence-corrected chi connectivity index (χ4v) is 4.04. The highest BCUT2D eigenvalue weighted by Gasteiger charge is 2.29. The third kappa shape index (κ3) is 6.23. The van der Waals surface area contributed by atoms with Gasteiger partial charge in [-0.1, -0.05) is 12.1 Å². The Morgan fingerprint density at radius 1 is 1.18 bits per heavy atom. The average molecular weight is 469 g/mol. The minimum atomic E-state index is 0.278. The molecule has 2 heterocycles. The van der Waals surface area contributed by atoms with Gasteiger partial charge < -0.3 is 20.1 Å². The Balaban J connectivity index is 1.55. The second-order valence-electron chi connectivity index (χ2n) is 7.88. The van der Waals surface area contributed by atoms with Gasteiger partial charge in [0.05, 0.1) is 13.7 Å². The molecule has 33 heavy (non-hydrogen) atoms. The van der Waals surface area contributed by atoms with Crippen LogP contribution in [0.25, 0.3) is 0 Å². The van der Waals surface area contributed by atoms with Crippen molar-refractivity contribution in [1.82, 2.24) is 20.2 Å². The molecule has 1 fully saturated rings. The van der Waals surface area contributed by atoms with E-state index >= 15 is 0 Å². The predicted molar refractivity (Wildman–Crippen MR) is 128 cm³/mol. The summed E-state index contributed by atoms with van der Waals surface area (Å²) < 4.78 is 10.7. The molecular weight excluding hydrogens is 440 g/mol. The van der Waals surface area contributed by atoms with Crippen molar-refractivity contribution in [1.29, 1.82) is 0 Å². The number of hydrogen-bond acceptors (Lipinski definition) is 9. The lowest BCUT2D eigenvalue weighted by molar-refractivity contribution is -0.119. The molecule has 1 aliphatic rings. The topological polar surface area (TPSA) is 114 Å². The number of methoxy groups -OCH3 is 2. The van der Waals surface area contributed by atoms with Gasteiger partial charge >= 0.3 is 0 Å². The number of Topliss-reactive ketones (excluding diaryl/α,β-unsaturated/α-hetero) is 1. The van der Waals surface area contributed by atoms with Crippen LogP contribution in [0.4, 0.5) is 17.5 Å². The Bertz CT molecular complexity index is 1100. The van der Waals surface area contributed by atoms with E-state index in [0.29, 0.717) is 53.7 Å². The molecule has 1 aliphatic carbocycles. The number of rotatable bonds is 12. The van der Waals surface area contributed by atoms with Gasteiger partial charge in [0, 0.05) is 42.6 Å². The van der Waals surface area contributed by atoms with Gasteiger partial charge in [-0.3, -0.25) is 9.89 Å². The van der Waals surface area contributed by atoms with E-state index in [-0.39, 0.29) is 5.92 Å². The number of ether oxygens (including phenoxy) is 2. The molecule has 0 unspecified atom stereocenters. The molecule has 0 saturated heterocycles. The first-order valence-corrected chi connectivity index (χ1v) is 11.6. The van der Waals surface area contributed by atoms with Crippen molar-refractivity contribution in [3.8, 4) is 5.75 Å². The number of benzene rings is 1. The molecule has 9 nitrogen and oxygen atoms in total. The third-order valence-electron chi connectivity index (χ3n) is 5.14. The maximum atomic E-state index is 12.1. The summed E-state index contributed by atoms with van der Waals surface area (Å²) in [5.74, 6) is 2.81. The molecule has 3 aromatic rings. The van der Waals surface area contributed by atoms with Crippen LogP contribution in [0.1, 0.15) is 24.1 Å². The van der Waals surface area contributed by atoms with Crippen LogP contribution in [0.15, 0.2) is 40.4 Å². The van der Waals surface area contributed by atoms with Gasteiger partial charge in [0.25, 0.3) is 0 Å². The molecule has 0 amide bonds. The van der Waals surface area contributed by atoms with Crippen molar-refractivity contribution in [2.75, 3.05) is 38.0 Å². The number of carbonyl (C=O) groups is 1. The van der Waals surface area contributed by atoms with E-state index in [2.05, 4.69) is 30.8 Å². The van der Waals surface area contributed by atoms with E-state index in [1.54, 1.807) is 14.2 Å². The standard InChI is InChI=1S/C23H28N6O3S/c1-14-12-19(29-28-14)25-22-20(32-3)21(24-10-11-31-2)26-23(27-22)33-17-8-4-15(5-9-17)13-18(30)16-6-7-16/h4-5,8-9,12,16H,6-7,10-11,13H2,1-3H3,(H3,24,25,26,27,28,29). The summed E-state index contributed by atoms with van der Waals surface area (Å²) in [4.78, 5) is 22.4. The summed E-state index contributed by atoms with van der Waals surface area (Å²) in [5.41, 5.74) is 1.96. The highest BCUT2D eigenvalue weighted by atomic mass is 32.2. The zero-order valence-corrected chi connectivity index (χ0v) is 19.8. The molecule has 1 saturated carbocycles. The fourth-order valence-electron chi connectivity index (χ4n) is 3.28. The largest absolute Gasteiger partial charge is 0.490 e. The van der Waals surface area contributed by atoms with Gasteiger partial charge in [-0.2, -0.15) is 5.10 Å². The summed E-state index contributed by atoms with van der Waals surface area (Å²) in [6, 6.07) is 9.87. The van der Waals surface area contributed by atoms with Crippen LogP contribution in [0, 0.1) is 12.8 Å². The van der Waals surface area contributed by atoms with Crippen LogP contribution in [0.3, 0.4) is 0 Å². The molecule has 174 valence electrons. The maximum absolute atomic E-state index is 12.1. The molecule has 0 spiro atoms. The quantitative estimate of drug-likeness (QED) is 0.268. The summed E-state index contributed by atoms with van der Waals surface area (Å²) in [5, 5.41) is 14.1. The van der Waals surface area contributed by atoms with E-state index < -0.39 is 0 Å². The minimum Gasteiger partial charge on any atom is -0.490 e. The highest BCUT2D eigenvalue weighted by molar-refractivity contribution is 7.99. The molecule has 0 atom stereocenters. The number of aromatic amines is 1. The van der Waals surface area contributed by atoms with Crippen LogP contribution in [0.5, 0.6) is 5.75 Å². The van der Waals surface area contributed by atoms with Gasteiger partial charge in [0.15, 0.2) is 22.6 Å². The van der Waals surface area contributed by atoms with Crippen molar-refractivity contribution in [2.24, 2.45) is 5.92 Å². The van der Waals surface area contributed by atoms with E-state index in [9.17, 15) is 4.79 Å². The highest BCUT2D eigenvalue weighted by Crippen LogP contribution is 2.36.